The average Bonchev–Trinajstić information content (AvgIpc) is 2.70. The van der Waals surface area contributed by atoms with Crippen LogP contribution in [0, 0.1) is 0 Å². The van der Waals surface area contributed by atoms with Crippen molar-refractivity contribution in [3.05, 3.63) is 42.1 Å². The summed E-state index contributed by atoms with van der Waals surface area (Å²) >= 11 is 0. The van der Waals surface area contributed by atoms with Gasteiger partial charge in [-0.25, -0.2) is 4.98 Å². The normalized spacial score (nSPS) is 33.7. The molecule has 1 aromatic carbocycles. The lowest BCUT2D eigenvalue weighted by atomic mass is 9.83. The third-order valence-corrected chi connectivity index (χ3v) is 5.21. The van der Waals surface area contributed by atoms with Crippen molar-refractivity contribution in [2.75, 3.05) is 7.05 Å². The van der Waals surface area contributed by atoms with Crippen LogP contribution in [0.25, 0.3) is 10.9 Å². The fourth-order valence-corrected chi connectivity index (χ4v) is 3.98. The maximum atomic E-state index is 11.1. The lowest BCUT2D eigenvalue weighted by Crippen LogP contribution is -2.48. The molecule has 3 nitrogen and oxygen atoms in total. The minimum Gasteiger partial charge on any atom is -0.383 e. The number of benzene rings is 1. The molecule has 2 aliphatic rings. The summed E-state index contributed by atoms with van der Waals surface area (Å²) in [5, 5.41) is 12.2. The minimum absolute atomic E-state index is 0.507. The summed E-state index contributed by atoms with van der Waals surface area (Å²) in [6.45, 7) is 0. The number of nitrogens with zero attached hydrogens (tertiary/aromatic N) is 2. The van der Waals surface area contributed by atoms with E-state index in [4.69, 9.17) is 4.98 Å². The van der Waals surface area contributed by atoms with Gasteiger partial charge in [0.05, 0.1) is 11.2 Å². The maximum Gasteiger partial charge on any atom is 0.109 e. The zero-order chi connectivity index (χ0) is 13.7. The van der Waals surface area contributed by atoms with Crippen LogP contribution in [0.3, 0.4) is 0 Å². The molecule has 3 heterocycles. The second-order valence-corrected chi connectivity index (χ2v) is 6.38. The second kappa shape index (κ2) is 4.27. The van der Waals surface area contributed by atoms with Crippen molar-refractivity contribution in [2.45, 2.75) is 43.4 Å². The average molecular weight is 268 g/mol. The van der Waals surface area contributed by atoms with Gasteiger partial charge in [0, 0.05) is 17.5 Å². The van der Waals surface area contributed by atoms with E-state index in [0.717, 1.165) is 29.4 Å². The summed E-state index contributed by atoms with van der Waals surface area (Å²) in [6.07, 6.45) is 4.03. The van der Waals surface area contributed by atoms with E-state index in [9.17, 15) is 5.11 Å². The van der Waals surface area contributed by atoms with Gasteiger partial charge in [-0.3, -0.25) is 0 Å². The molecule has 20 heavy (non-hydrogen) atoms. The summed E-state index contributed by atoms with van der Waals surface area (Å²) in [5.41, 5.74) is 1.08. The van der Waals surface area contributed by atoms with Crippen LogP contribution in [-0.2, 0) is 5.60 Å². The van der Waals surface area contributed by atoms with E-state index in [-0.39, 0.29) is 0 Å². The number of aliphatic hydroxyl groups is 1. The maximum absolute atomic E-state index is 11.1. The molecule has 0 radical (unpaired) electrons. The predicted molar refractivity (Wildman–Crippen MR) is 79.4 cm³/mol. The Hall–Kier alpha value is -1.45. The van der Waals surface area contributed by atoms with E-state index in [2.05, 4.69) is 24.1 Å². The highest BCUT2D eigenvalue weighted by Gasteiger charge is 2.47. The molecule has 0 aliphatic carbocycles. The van der Waals surface area contributed by atoms with Gasteiger partial charge in [-0.1, -0.05) is 24.3 Å². The van der Waals surface area contributed by atoms with Gasteiger partial charge in [0.1, 0.15) is 5.60 Å². The number of hydrogen-bond donors (Lipinski definition) is 1. The zero-order valence-electron chi connectivity index (χ0n) is 11.8. The Labute approximate surface area is 119 Å². The first kappa shape index (κ1) is 12.3. The van der Waals surface area contributed by atoms with E-state index in [1.807, 2.05) is 24.3 Å². The van der Waals surface area contributed by atoms with E-state index >= 15 is 0 Å². The highest BCUT2D eigenvalue weighted by Crippen LogP contribution is 2.44. The SMILES string of the molecule is CN1C2CCC1CC(O)(c1ccc3ccccc3n1)C2. The van der Waals surface area contributed by atoms with Crippen LogP contribution < -0.4 is 0 Å². The molecule has 2 saturated heterocycles. The molecular weight excluding hydrogens is 248 g/mol. The Balaban J connectivity index is 1.75. The fraction of sp³-hybridized carbons (Fsp3) is 0.471. The molecule has 1 N–H and O–H groups in total. The molecule has 2 fully saturated rings. The number of para-hydroxylation sites is 1. The van der Waals surface area contributed by atoms with Crippen LogP contribution in [0.4, 0.5) is 0 Å². The monoisotopic (exact) mass is 268 g/mol. The quantitative estimate of drug-likeness (QED) is 0.864. The predicted octanol–water partition coefficient (Wildman–Crippen LogP) is 2.68. The molecule has 2 unspecified atom stereocenters. The van der Waals surface area contributed by atoms with E-state index in [1.54, 1.807) is 0 Å². The lowest BCUT2D eigenvalue weighted by molar-refractivity contribution is -0.0521. The van der Waals surface area contributed by atoms with E-state index in [1.165, 1.54) is 12.8 Å². The third-order valence-electron chi connectivity index (χ3n) is 5.21. The van der Waals surface area contributed by atoms with Gasteiger partial charge >= 0.3 is 0 Å². The molecule has 3 heteroatoms. The van der Waals surface area contributed by atoms with Gasteiger partial charge in [-0.2, -0.15) is 0 Å². The smallest absolute Gasteiger partial charge is 0.109 e. The summed E-state index contributed by atoms with van der Waals surface area (Å²) in [6, 6.07) is 13.2. The van der Waals surface area contributed by atoms with Crippen molar-refractivity contribution < 1.29 is 5.11 Å². The van der Waals surface area contributed by atoms with Gasteiger partial charge < -0.3 is 10.0 Å². The number of rotatable bonds is 1. The molecule has 104 valence electrons. The van der Waals surface area contributed by atoms with Gasteiger partial charge in [-0.05, 0) is 44.9 Å². The molecule has 0 spiro atoms. The molecule has 0 amide bonds. The van der Waals surface area contributed by atoms with Crippen molar-refractivity contribution in [2.24, 2.45) is 0 Å². The second-order valence-electron chi connectivity index (χ2n) is 6.38. The Morgan fingerprint density at radius 1 is 1.10 bits per heavy atom. The molecule has 1 aromatic heterocycles. The van der Waals surface area contributed by atoms with Crippen LogP contribution in [-0.4, -0.2) is 34.1 Å². The van der Waals surface area contributed by atoms with Crippen molar-refractivity contribution in [3.63, 3.8) is 0 Å². The van der Waals surface area contributed by atoms with E-state index < -0.39 is 5.60 Å². The van der Waals surface area contributed by atoms with Crippen molar-refractivity contribution in [1.82, 2.24) is 9.88 Å². The van der Waals surface area contributed by atoms with Crippen LogP contribution >= 0.6 is 0 Å². The van der Waals surface area contributed by atoms with Crippen molar-refractivity contribution >= 4 is 10.9 Å². The first-order valence-corrected chi connectivity index (χ1v) is 7.46. The third kappa shape index (κ3) is 1.77. The summed E-state index contributed by atoms with van der Waals surface area (Å²) in [7, 11) is 2.19. The first-order valence-electron chi connectivity index (χ1n) is 7.46. The van der Waals surface area contributed by atoms with Crippen molar-refractivity contribution in [3.8, 4) is 0 Å². The summed E-state index contributed by atoms with van der Waals surface area (Å²) in [5.74, 6) is 0. The van der Waals surface area contributed by atoms with Crippen LogP contribution in [0.5, 0.6) is 0 Å². The molecule has 0 saturated carbocycles. The Bertz CT molecular complexity index is 640. The molecule has 2 atom stereocenters. The lowest BCUT2D eigenvalue weighted by Gasteiger charge is -2.41. The Morgan fingerprint density at radius 3 is 2.55 bits per heavy atom. The zero-order valence-corrected chi connectivity index (χ0v) is 11.8. The topological polar surface area (TPSA) is 36.4 Å². The fourth-order valence-electron chi connectivity index (χ4n) is 3.98. The summed E-state index contributed by atoms with van der Waals surface area (Å²) < 4.78 is 0. The summed E-state index contributed by atoms with van der Waals surface area (Å²) in [4.78, 5) is 7.16. The largest absolute Gasteiger partial charge is 0.383 e. The van der Waals surface area contributed by atoms with Crippen molar-refractivity contribution in [1.29, 1.82) is 0 Å². The van der Waals surface area contributed by atoms with Gasteiger partial charge in [0.15, 0.2) is 0 Å². The van der Waals surface area contributed by atoms with E-state index in [0.29, 0.717) is 12.1 Å². The first-order chi connectivity index (χ1) is 9.66. The highest BCUT2D eigenvalue weighted by atomic mass is 16.3. The number of hydrogen-bond acceptors (Lipinski definition) is 3. The molecule has 4 rings (SSSR count). The van der Waals surface area contributed by atoms with Gasteiger partial charge in [-0.15, -0.1) is 0 Å². The minimum atomic E-state index is -0.748. The Kier molecular flexibility index (Phi) is 2.63. The number of fused-ring (bicyclic) bond motifs is 3. The van der Waals surface area contributed by atoms with Gasteiger partial charge in [0.25, 0.3) is 0 Å². The molecule has 2 bridgehead atoms. The Morgan fingerprint density at radius 2 is 1.80 bits per heavy atom. The standard InChI is InChI=1S/C17H20N2O/c1-19-13-7-8-14(19)11-17(20,10-13)16-9-6-12-4-2-3-5-15(12)18-16/h2-6,9,13-14,20H,7-8,10-11H2,1H3. The number of pyridine rings is 1. The highest BCUT2D eigenvalue weighted by molar-refractivity contribution is 5.78. The molecule has 2 aliphatic heterocycles. The van der Waals surface area contributed by atoms with Crippen LogP contribution in [0.2, 0.25) is 0 Å². The molecular formula is C17H20N2O. The van der Waals surface area contributed by atoms with Gasteiger partial charge in [0.2, 0.25) is 0 Å². The number of piperidine rings is 1. The van der Waals surface area contributed by atoms with Crippen LogP contribution in [0.15, 0.2) is 36.4 Å². The molecule has 2 aromatic rings. The van der Waals surface area contributed by atoms with Crippen LogP contribution in [0.1, 0.15) is 31.4 Å². The number of aromatic nitrogens is 1.